The highest BCUT2D eigenvalue weighted by Crippen LogP contribution is 2.28. The fourth-order valence-electron chi connectivity index (χ4n) is 4.09. The number of aryl methyl sites for hydroxylation is 3. The van der Waals surface area contributed by atoms with Crippen LogP contribution in [0.25, 0.3) is 5.52 Å². The molecule has 0 spiro atoms. The summed E-state index contributed by atoms with van der Waals surface area (Å²) < 4.78 is 3.22. The number of nitrogens with two attached hydrogens (primary N) is 1. The number of hydrogen-bond donors (Lipinski definition) is 1. The Bertz CT molecular complexity index is 719. The Morgan fingerprint density at radius 3 is 2.48 bits per heavy atom. The maximum absolute atomic E-state index is 6.41. The molecule has 0 saturated carbocycles. The van der Waals surface area contributed by atoms with Crippen LogP contribution < -0.4 is 5.73 Å². The summed E-state index contributed by atoms with van der Waals surface area (Å²) in [6.45, 7) is 10.5. The third kappa shape index (κ3) is 3.41. The molecule has 4 heteroatoms. The first kappa shape index (κ1) is 19.8. The fourth-order valence-corrected chi connectivity index (χ4v) is 4.09. The van der Waals surface area contributed by atoms with Gasteiger partial charge in [0.25, 0.3) is 0 Å². The van der Waals surface area contributed by atoms with E-state index in [4.69, 9.17) is 10.8 Å². The van der Waals surface area contributed by atoms with Gasteiger partial charge in [-0.15, -0.1) is 0 Å². The number of quaternary nitrogens is 1. The zero-order valence-corrected chi connectivity index (χ0v) is 17.0. The second-order valence-corrected chi connectivity index (χ2v) is 8.18. The third-order valence-corrected chi connectivity index (χ3v) is 6.38. The molecule has 2 N–H and O–H groups in total. The summed E-state index contributed by atoms with van der Waals surface area (Å²) in [7, 11) is 2.37. The summed E-state index contributed by atoms with van der Waals surface area (Å²) in [4.78, 5) is 0. The Kier molecular flexibility index (Phi) is 5.82. The molecule has 3 rings (SSSR count). The van der Waals surface area contributed by atoms with Gasteiger partial charge in [-0.3, -0.25) is 0 Å². The highest BCUT2D eigenvalue weighted by Gasteiger charge is 2.29. The molecule has 1 aliphatic rings. The lowest BCUT2D eigenvalue weighted by atomic mass is 10.1. The molecule has 0 fully saturated rings. The lowest BCUT2D eigenvalue weighted by Gasteiger charge is -2.42. The zero-order chi connectivity index (χ0) is 17.5. The average molecular weight is 345 g/mol. The van der Waals surface area contributed by atoms with Gasteiger partial charge in [0, 0.05) is 12.1 Å². The van der Waals surface area contributed by atoms with Gasteiger partial charge in [0.2, 0.25) is 0 Å². The van der Waals surface area contributed by atoms with E-state index in [1.54, 1.807) is 0 Å². The van der Waals surface area contributed by atoms with Crippen molar-refractivity contribution in [1.29, 1.82) is 0 Å². The minimum atomic E-state index is 0. The van der Waals surface area contributed by atoms with E-state index in [2.05, 4.69) is 51.4 Å². The van der Waals surface area contributed by atoms with Crippen LogP contribution in [0.15, 0.2) is 12.1 Å². The van der Waals surface area contributed by atoms with Crippen molar-refractivity contribution in [3.8, 4) is 0 Å². The summed E-state index contributed by atoms with van der Waals surface area (Å²) in [6, 6.07) is 5.65. The van der Waals surface area contributed by atoms with E-state index in [0.29, 0.717) is 12.1 Å². The Labute approximate surface area is 153 Å². The van der Waals surface area contributed by atoms with Crippen LogP contribution in [0.4, 0.5) is 5.69 Å². The summed E-state index contributed by atoms with van der Waals surface area (Å²) in [5.41, 5.74) is 12.3. The third-order valence-electron chi connectivity index (χ3n) is 6.38. The summed E-state index contributed by atoms with van der Waals surface area (Å²) in [5.74, 6) is 0. The van der Waals surface area contributed by atoms with Crippen molar-refractivity contribution in [2.45, 2.75) is 71.9 Å². The fraction of sp³-hybridized carbons (Fsp3) is 0.619. The van der Waals surface area contributed by atoms with E-state index in [-0.39, 0.29) is 7.43 Å². The molecule has 0 aromatic carbocycles. The zero-order valence-electron chi connectivity index (χ0n) is 17.0. The van der Waals surface area contributed by atoms with Crippen molar-refractivity contribution in [2.24, 2.45) is 0 Å². The molecule has 0 radical (unpaired) electrons. The van der Waals surface area contributed by atoms with Crippen molar-refractivity contribution >= 4 is 11.2 Å². The molecule has 0 atom stereocenters. The molecule has 2 heterocycles. The molecule has 2 aromatic heterocycles. The lowest BCUT2D eigenvalue weighted by Crippen LogP contribution is -2.55. The Hall–Kier alpha value is -1.55. The Morgan fingerprint density at radius 1 is 1.16 bits per heavy atom. The minimum absolute atomic E-state index is 0. The van der Waals surface area contributed by atoms with Gasteiger partial charge < -0.3 is 17.6 Å². The average Bonchev–Trinajstić information content (AvgIpc) is 3.12. The first-order valence-electron chi connectivity index (χ1n) is 9.47. The lowest BCUT2D eigenvalue weighted by molar-refractivity contribution is -0.949. The van der Waals surface area contributed by atoms with Gasteiger partial charge >= 0.3 is 0 Å². The largest absolute Gasteiger partial charge is 0.395 e. The molecule has 0 aliphatic heterocycles. The molecule has 140 valence electrons. The predicted molar refractivity (Wildman–Crippen MR) is 108 cm³/mol. The van der Waals surface area contributed by atoms with E-state index >= 15 is 0 Å². The van der Waals surface area contributed by atoms with Crippen molar-refractivity contribution in [1.82, 2.24) is 9.61 Å². The van der Waals surface area contributed by atoms with Crippen molar-refractivity contribution in [3.63, 3.8) is 0 Å². The highest BCUT2D eigenvalue weighted by atomic mass is 15.4. The molecule has 4 nitrogen and oxygen atoms in total. The maximum Gasteiger partial charge on any atom is 0.0897 e. The smallest absolute Gasteiger partial charge is 0.0897 e. The predicted octanol–water partition coefficient (Wildman–Crippen LogP) is 4.05. The van der Waals surface area contributed by atoms with E-state index < -0.39 is 0 Å². The van der Waals surface area contributed by atoms with Gasteiger partial charge in [-0.2, -0.15) is 5.10 Å². The van der Waals surface area contributed by atoms with Gasteiger partial charge in [0.1, 0.15) is 0 Å². The second-order valence-electron chi connectivity index (χ2n) is 8.18. The number of aromatic nitrogens is 2. The van der Waals surface area contributed by atoms with Gasteiger partial charge in [-0.25, -0.2) is 4.52 Å². The van der Waals surface area contributed by atoms with Crippen LogP contribution in [-0.2, 0) is 19.3 Å². The van der Waals surface area contributed by atoms with Crippen LogP contribution in [0.1, 0.15) is 57.5 Å². The monoisotopic (exact) mass is 344 g/mol. The summed E-state index contributed by atoms with van der Waals surface area (Å²) in [6.07, 6.45) is 5.64. The van der Waals surface area contributed by atoms with Crippen molar-refractivity contribution in [2.75, 3.05) is 19.3 Å². The van der Waals surface area contributed by atoms with Gasteiger partial charge in [0.05, 0.1) is 42.6 Å². The minimum Gasteiger partial charge on any atom is -0.395 e. The second kappa shape index (κ2) is 7.36. The van der Waals surface area contributed by atoms with Gasteiger partial charge in [-0.1, -0.05) is 6.07 Å². The van der Waals surface area contributed by atoms with Crippen LogP contribution in [-0.4, -0.2) is 39.8 Å². The highest BCUT2D eigenvalue weighted by molar-refractivity contribution is 5.73. The van der Waals surface area contributed by atoms with Crippen LogP contribution in [0.3, 0.4) is 0 Å². The molecule has 0 unspecified atom stereocenters. The number of pyridine rings is 1. The molecule has 0 amide bonds. The Balaban J connectivity index is 0.00000225. The van der Waals surface area contributed by atoms with Crippen LogP contribution >= 0.6 is 0 Å². The molecule has 25 heavy (non-hydrogen) atoms. The topological polar surface area (TPSA) is 43.3 Å². The van der Waals surface area contributed by atoms with Crippen LogP contribution in [0.2, 0.25) is 0 Å². The molecule has 0 saturated heterocycles. The number of nitrogen functional groups attached to an aromatic ring is 1. The van der Waals surface area contributed by atoms with Gasteiger partial charge in [-0.05, 0) is 65.0 Å². The molecule has 2 aromatic rings. The van der Waals surface area contributed by atoms with Crippen molar-refractivity contribution in [3.05, 3.63) is 36.5 Å². The standard InChI is InChI=1S/C20H33N4.CH3/c1-14(2)24(5,15(3)4)13-7-9-17-20(21)19-12-11-16-8-6-10-18(16)23(19)22-17;/h11-12,14-15H,6-10,13,21H2,1-5H3;1H3/q+1;-1. The quantitative estimate of drug-likeness (QED) is 0.634. The maximum atomic E-state index is 6.41. The van der Waals surface area contributed by atoms with Gasteiger partial charge in [0.15, 0.2) is 0 Å². The van der Waals surface area contributed by atoms with E-state index in [1.807, 2.05) is 0 Å². The Morgan fingerprint density at radius 2 is 1.84 bits per heavy atom. The van der Waals surface area contributed by atoms with Crippen LogP contribution in [0, 0.1) is 7.43 Å². The molecule has 0 bridgehead atoms. The molecular formula is C21H36N4. The SMILES string of the molecule is CC(C)[N+](C)(CCCc1nn2c3c(ccc2c1N)CCC3)C(C)C.[CH3-]. The first-order chi connectivity index (χ1) is 11.3. The normalized spacial score (nSPS) is 14.4. The number of nitrogens with zero attached hydrogens (tertiary/aromatic N) is 3. The number of hydrogen-bond acceptors (Lipinski definition) is 2. The van der Waals surface area contributed by atoms with Crippen molar-refractivity contribution < 1.29 is 4.48 Å². The van der Waals surface area contributed by atoms with E-state index in [0.717, 1.165) is 40.6 Å². The molecular weight excluding hydrogens is 308 g/mol. The first-order valence-corrected chi connectivity index (χ1v) is 9.47. The summed E-state index contributed by atoms with van der Waals surface area (Å²) in [5, 5.41) is 4.88. The molecule has 1 aliphatic carbocycles. The summed E-state index contributed by atoms with van der Waals surface area (Å²) >= 11 is 0. The number of anilines is 1. The number of rotatable bonds is 6. The number of fused-ring (bicyclic) bond motifs is 3. The van der Waals surface area contributed by atoms with E-state index in [9.17, 15) is 0 Å². The van der Waals surface area contributed by atoms with Crippen LogP contribution in [0.5, 0.6) is 0 Å². The van der Waals surface area contributed by atoms with E-state index in [1.165, 1.54) is 30.6 Å².